The van der Waals surface area contributed by atoms with Crippen LogP contribution in [0.5, 0.6) is 0 Å². The number of rotatable bonds is 6. The molecular weight excluding hydrogens is 310 g/mol. The molecule has 0 saturated carbocycles. The standard InChI is InChI=1S/C22H23NO2/c1-3-7-20(17-8-5-4-6-9-17)23-13-12-19-15-18(10-11-21(19)23)16(2)14-22(24)25/h4-6,8-15,20H,3,7H2,1-2H3,(H,24,25). The highest BCUT2D eigenvalue weighted by Gasteiger charge is 2.15. The average molecular weight is 333 g/mol. The number of allylic oxidation sites excluding steroid dienone is 1. The van der Waals surface area contributed by atoms with Crippen LogP contribution in [0.15, 0.2) is 66.9 Å². The van der Waals surface area contributed by atoms with Gasteiger partial charge >= 0.3 is 5.97 Å². The molecule has 25 heavy (non-hydrogen) atoms. The van der Waals surface area contributed by atoms with Crippen molar-refractivity contribution in [3.8, 4) is 0 Å². The van der Waals surface area contributed by atoms with Crippen molar-refractivity contribution < 1.29 is 9.90 Å². The third-order valence-corrected chi connectivity index (χ3v) is 4.60. The lowest BCUT2D eigenvalue weighted by Crippen LogP contribution is -2.09. The number of hydrogen-bond donors (Lipinski definition) is 1. The molecule has 3 heteroatoms. The van der Waals surface area contributed by atoms with Crippen LogP contribution in [0, 0.1) is 0 Å². The monoisotopic (exact) mass is 333 g/mol. The highest BCUT2D eigenvalue weighted by Crippen LogP contribution is 2.30. The van der Waals surface area contributed by atoms with Gasteiger partial charge in [-0.2, -0.15) is 0 Å². The van der Waals surface area contributed by atoms with Crippen molar-refractivity contribution in [3.05, 3.63) is 78.0 Å². The van der Waals surface area contributed by atoms with Crippen LogP contribution in [0.2, 0.25) is 0 Å². The Hall–Kier alpha value is -2.81. The summed E-state index contributed by atoms with van der Waals surface area (Å²) >= 11 is 0. The fourth-order valence-corrected chi connectivity index (χ4v) is 3.36. The molecule has 1 unspecified atom stereocenters. The highest BCUT2D eigenvalue weighted by atomic mass is 16.4. The number of hydrogen-bond acceptors (Lipinski definition) is 1. The summed E-state index contributed by atoms with van der Waals surface area (Å²) in [6, 6.07) is 19.2. The van der Waals surface area contributed by atoms with Crippen LogP contribution in [0.1, 0.15) is 43.9 Å². The Morgan fingerprint density at radius 2 is 1.92 bits per heavy atom. The first-order valence-electron chi connectivity index (χ1n) is 8.67. The molecule has 3 nitrogen and oxygen atoms in total. The van der Waals surface area contributed by atoms with Crippen molar-refractivity contribution in [2.45, 2.75) is 32.7 Å². The maximum atomic E-state index is 10.9. The molecule has 3 aromatic rings. The number of carboxylic acids is 1. The van der Waals surface area contributed by atoms with Gasteiger partial charge in [0.25, 0.3) is 0 Å². The summed E-state index contributed by atoms with van der Waals surface area (Å²) in [6.07, 6.45) is 5.57. The minimum atomic E-state index is -0.915. The Balaban J connectivity index is 2.04. The number of nitrogens with zero attached hydrogens (tertiary/aromatic N) is 1. The van der Waals surface area contributed by atoms with Crippen molar-refractivity contribution in [2.75, 3.05) is 0 Å². The van der Waals surface area contributed by atoms with E-state index >= 15 is 0 Å². The van der Waals surface area contributed by atoms with E-state index in [9.17, 15) is 4.79 Å². The minimum Gasteiger partial charge on any atom is -0.478 e. The van der Waals surface area contributed by atoms with E-state index in [1.807, 2.05) is 19.1 Å². The predicted molar refractivity (Wildman–Crippen MR) is 103 cm³/mol. The maximum absolute atomic E-state index is 10.9. The van der Waals surface area contributed by atoms with E-state index in [2.05, 4.69) is 60.2 Å². The van der Waals surface area contributed by atoms with Gasteiger partial charge in [-0.1, -0.05) is 49.7 Å². The van der Waals surface area contributed by atoms with Crippen molar-refractivity contribution in [1.82, 2.24) is 4.57 Å². The third-order valence-electron chi connectivity index (χ3n) is 4.60. The molecule has 0 aliphatic carbocycles. The topological polar surface area (TPSA) is 42.2 Å². The second kappa shape index (κ2) is 7.39. The molecule has 0 radical (unpaired) electrons. The second-order valence-electron chi connectivity index (χ2n) is 6.38. The van der Waals surface area contributed by atoms with Gasteiger partial charge in [0.15, 0.2) is 0 Å². The third kappa shape index (κ3) is 3.66. The van der Waals surface area contributed by atoms with E-state index in [-0.39, 0.29) is 0 Å². The molecule has 128 valence electrons. The quantitative estimate of drug-likeness (QED) is 0.604. The van der Waals surface area contributed by atoms with Crippen LogP contribution in [-0.4, -0.2) is 15.6 Å². The Bertz CT molecular complexity index is 906. The minimum absolute atomic E-state index is 0.310. The molecule has 0 aliphatic heterocycles. The summed E-state index contributed by atoms with van der Waals surface area (Å²) in [4.78, 5) is 10.9. The summed E-state index contributed by atoms with van der Waals surface area (Å²) < 4.78 is 2.33. The van der Waals surface area contributed by atoms with E-state index in [0.29, 0.717) is 6.04 Å². The van der Waals surface area contributed by atoms with Crippen molar-refractivity contribution in [1.29, 1.82) is 0 Å². The molecule has 1 heterocycles. The first-order chi connectivity index (χ1) is 12.1. The molecule has 1 atom stereocenters. The molecule has 0 aliphatic rings. The summed E-state index contributed by atoms with van der Waals surface area (Å²) in [5.74, 6) is -0.915. The molecule has 2 aromatic carbocycles. The van der Waals surface area contributed by atoms with E-state index in [1.165, 1.54) is 17.2 Å². The SMILES string of the molecule is CCCC(c1ccccc1)n1ccc2cc(C(C)=CC(=O)O)ccc21. The normalized spacial score (nSPS) is 13.1. The van der Waals surface area contributed by atoms with E-state index < -0.39 is 5.97 Å². The number of carbonyl (C=O) groups is 1. The first kappa shape index (κ1) is 17.0. The Labute approximate surface area is 148 Å². The van der Waals surface area contributed by atoms with Gasteiger partial charge in [0.05, 0.1) is 6.04 Å². The molecule has 0 amide bonds. The lowest BCUT2D eigenvalue weighted by Gasteiger charge is -2.20. The zero-order valence-electron chi connectivity index (χ0n) is 14.6. The average Bonchev–Trinajstić information content (AvgIpc) is 3.02. The molecule has 3 rings (SSSR count). The van der Waals surface area contributed by atoms with Crippen LogP contribution < -0.4 is 0 Å². The summed E-state index contributed by atoms with van der Waals surface area (Å²) in [5, 5.41) is 10.1. The smallest absolute Gasteiger partial charge is 0.328 e. The number of benzene rings is 2. The van der Waals surface area contributed by atoms with Crippen molar-refractivity contribution >= 4 is 22.4 Å². The molecular formula is C22H23NO2. The van der Waals surface area contributed by atoms with Crippen LogP contribution >= 0.6 is 0 Å². The molecule has 0 spiro atoms. The molecule has 1 aromatic heterocycles. The van der Waals surface area contributed by atoms with Gasteiger partial charge in [-0.3, -0.25) is 0 Å². The number of aromatic nitrogens is 1. The van der Waals surface area contributed by atoms with Gasteiger partial charge < -0.3 is 9.67 Å². The zero-order valence-corrected chi connectivity index (χ0v) is 14.6. The molecule has 1 N–H and O–H groups in total. The van der Waals surface area contributed by atoms with E-state index in [1.54, 1.807) is 0 Å². The van der Waals surface area contributed by atoms with Crippen LogP contribution in [0.3, 0.4) is 0 Å². The van der Waals surface area contributed by atoms with Gasteiger partial charge in [0.2, 0.25) is 0 Å². The fraction of sp³-hybridized carbons (Fsp3) is 0.227. The van der Waals surface area contributed by atoms with Crippen molar-refractivity contribution in [2.24, 2.45) is 0 Å². The van der Waals surface area contributed by atoms with Gasteiger partial charge in [0.1, 0.15) is 0 Å². The van der Waals surface area contributed by atoms with Gasteiger partial charge in [-0.05, 0) is 48.2 Å². The lowest BCUT2D eigenvalue weighted by molar-refractivity contribution is -0.131. The van der Waals surface area contributed by atoms with Crippen LogP contribution in [0.4, 0.5) is 0 Å². The Morgan fingerprint density at radius 1 is 1.16 bits per heavy atom. The zero-order chi connectivity index (χ0) is 17.8. The molecule has 0 bridgehead atoms. The van der Waals surface area contributed by atoms with E-state index in [0.717, 1.165) is 29.4 Å². The van der Waals surface area contributed by atoms with Gasteiger partial charge in [-0.25, -0.2) is 4.79 Å². The number of aliphatic carboxylic acids is 1. The summed E-state index contributed by atoms with van der Waals surface area (Å²) in [5.41, 5.74) is 4.19. The van der Waals surface area contributed by atoms with Crippen LogP contribution in [-0.2, 0) is 4.79 Å². The Morgan fingerprint density at radius 3 is 2.60 bits per heavy atom. The Kier molecular flexibility index (Phi) is 5.03. The number of fused-ring (bicyclic) bond motifs is 1. The highest BCUT2D eigenvalue weighted by molar-refractivity contribution is 5.92. The maximum Gasteiger partial charge on any atom is 0.328 e. The van der Waals surface area contributed by atoms with Gasteiger partial charge in [0, 0.05) is 23.2 Å². The van der Waals surface area contributed by atoms with Crippen LogP contribution in [0.25, 0.3) is 16.5 Å². The molecule has 0 saturated heterocycles. The largest absolute Gasteiger partial charge is 0.478 e. The summed E-state index contributed by atoms with van der Waals surface area (Å²) in [7, 11) is 0. The fourth-order valence-electron chi connectivity index (χ4n) is 3.36. The molecule has 0 fully saturated rings. The first-order valence-corrected chi connectivity index (χ1v) is 8.67. The summed E-state index contributed by atoms with van der Waals surface area (Å²) in [6.45, 7) is 4.04. The number of carboxylic acid groups (broad SMARTS) is 1. The lowest BCUT2D eigenvalue weighted by atomic mass is 10.0. The van der Waals surface area contributed by atoms with Gasteiger partial charge in [-0.15, -0.1) is 0 Å². The second-order valence-corrected chi connectivity index (χ2v) is 6.38. The van der Waals surface area contributed by atoms with E-state index in [4.69, 9.17) is 5.11 Å². The predicted octanol–water partition coefficient (Wildman–Crippen LogP) is 5.52. The van der Waals surface area contributed by atoms with Crippen molar-refractivity contribution in [3.63, 3.8) is 0 Å².